The molecule has 11 amide bonds. The second-order valence-corrected chi connectivity index (χ2v) is 24.1. The number of rotatable bonds is 42. The van der Waals surface area contributed by atoms with Crippen LogP contribution in [0.1, 0.15) is 83.3 Å². The summed E-state index contributed by atoms with van der Waals surface area (Å²) < 4.78 is 4.71. The van der Waals surface area contributed by atoms with Gasteiger partial charge in [0.15, 0.2) is 11.8 Å². The number of benzene rings is 2. The topological polar surface area (TPSA) is 641 Å². The van der Waals surface area contributed by atoms with Crippen molar-refractivity contribution < 1.29 is 112 Å². The van der Waals surface area contributed by atoms with E-state index in [1.165, 1.54) is 12.1 Å². The van der Waals surface area contributed by atoms with Crippen molar-refractivity contribution in [2.75, 3.05) is 32.9 Å². The molecule has 27 N–H and O–H groups in total. The Morgan fingerprint density at radius 2 is 1.04 bits per heavy atom. The third-order valence-electron chi connectivity index (χ3n) is 14.5. The normalized spacial score (nSPS) is 16.4. The summed E-state index contributed by atoms with van der Waals surface area (Å²) >= 11 is 0. The number of amides is 11. The zero-order valence-electron chi connectivity index (χ0n) is 52.8. The highest BCUT2D eigenvalue weighted by molar-refractivity contribution is 7.53. The van der Waals surface area contributed by atoms with E-state index in [9.17, 15) is 108 Å². The number of aliphatic hydroxyl groups is 4. The van der Waals surface area contributed by atoms with E-state index in [2.05, 4.69) is 53.2 Å². The minimum Gasteiger partial charge on any atom is -0.481 e. The first-order valence-electron chi connectivity index (χ1n) is 30.2. The Labute approximate surface area is 550 Å². The lowest BCUT2D eigenvalue weighted by Gasteiger charge is -2.30. The molecule has 1 saturated heterocycles. The molecule has 3 rings (SSSR count). The van der Waals surface area contributed by atoms with Crippen LogP contribution >= 0.6 is 8.17 Å². The van der Waals surface area contributed by atoms with Crippen molar-refractivity contribution in [3.8, 4) is 5.75 Å². The van der Waals surface area contributed by atoms with Gasteiger partial charge in [-0.25, -0.2) is 4.79 Å². The lowest BCUT2D eigenvalue weighted by Crippen LogP contribution is -2.62. The molecule has 0 spiro atoms. The maximum absolute atomic E-state index is 14.6. The minimum absolute atomic E-state index is 0.00121. The molecule has 0 saturated carbocycles. The quantitative estimate of drug-likeness (QED) is 0.0167. The van der Waals surface area contributed by atoms with Gasteiger partial charge in [-0.15, -0.1) is 0 Å². The van der Waals surface area contributed by atoms with Crippen molar-refractivity contribution in [2.45, 2.75) is 164 Å². The van der Waals surface area contributed by atoms with E-state index in [1.54, 1.807) is 44.2 Å². The van der Waals surface area contributed by atoms with Crippen LogP contribution in [-0.2, 0) is 75.2 Å². The fourth-order valence-electron chi connectivity index (χ4n) is 9.61. The van der Waals surface area contributed by atoms with Crippen molar-refractivity contribution in [1.82, 2.24) is 58.1 Å². The number of hydrogen-bond acceptors (Lipinski definition) is 25. The van der Waals surface area contributed by atoms with Gasteiger partial charge in [0.05, 0.1) is 32.3 Å². The number of aliphatic carboxylic acids is 2. The van der Waals surface area contributed by atoms with Gasteiger partial charge in [0.1, 0.15) is 66.7 Å². The Morgan fingerprint density at radius 3 is 1.51 bits per heavy atom. The number of primary amides is 1. The Morgan fingerprint density at radius 1 is 0.583 bits per heavy atom. The van der Waals surface area contributed by atoms with Crippen molar-refractivity contribution >= 4 is 85.1 Å². The molecule has 0 unspecified atom stereocenters. The summed E-state index contributed by atoms with van der Waals surface area (Å²) in [6, 6.07) is -5.67. The zero-order chi connectivity index (χ0) is 72.1. The van der Waals surface area contributed by atoms with E-state index in [0.29, 0.717) is 5.56 Å². The SMILES string of the molecule is CC(C)C[C@H](NC(=O)[C@H](Cc1ccccc1)NC(=O)[C@@H](N)CO)C(=O)N[C@@H](CCC(N)=O)C(=O)N[C@@H](CCCNC(N)N)C(=O)N[C@@H](Cc1ccc(O[P+](O)(O)O)cc1)C(=O)N[C@@H](CO)C(=O)N[C@@H](CO)C(=O)N[C@@H](CC(=O)O)C(=O)N1CCC[C@H]1C(=O)N[C@H](C(=O)O)[C@@H](C)O. The van der Waals surface area contributed by atoms with Gasteiger partial charge in [-0.1, -0.05) is 56.3 Å². The Balaban J connectivity index is 2.00. The van der Waals surface area contributed by atoms with Gasteiger partial charge in [0.2, 0.25) is 65.0 Å². The van der Waals surface area contributed by atoms with Crippen LogP contribution in [0.3, 0.4) is 0 Å². The Bertz CT molecular complexity index is 2980. The van der Waals surface area contributed by atoms with Crippen LogP contribution < -0.4 is 80.6 Å². The summed E-state index contributed by atoms with van der Waals surface area (Å²) in [7, 11) is -4.84. The fourth-order valence-corrected chi connectivity index (χ4v) is 10.0. The number of carbonyl (C=O) groups excluding carboxylic acids is 11. The highest BCUT2D eigenvalue weighted by Gasteiger charge is 2.42. The molecule has 2 aromatic carbocycles. The van der Waals surface area contributed by atoms with Gasteiger partial charge < -0.3 is 106 Å². The van der Waals surface area contributed by atoms with Crippen LogP contribution in [0.15, 0.2) is 54.6 Å². The standard InChI is InChI=1S/C57H88N15O23P/c1-28(2)21-36(66-50(84)37(65-46(80)33(58)25-73)22-30-9-5-4-6-10-30)49(83)64-35(17-18-43(59)77)48(82)63-34(11-7-19-62-57(60)61)47(81)67-38(23-31-13-15-32(16-14-31)95-96(92,93)94)51(85)69-41(27-75)53(87)70-40(26-74)52(86)68-39(24-44(78)79)55(89)72-20-8-12-42(72)54(88)71-45(29(3)76)56(90)91/h4-6,9-10,13-16,28-29,33-42,45,57,62,73-76,92-94H,7-8,11-12,17-27,58,60-61H2,1-3H3,(H12-,59,63,64,65,66,67,68,69,70,71,77,78,79,80,81,82,83,84,85,86,87,88,90,91)/p+1/t29-,33+,34+,35+,36+,37+,38+,39+,40+,41+,42+,45+/m1/s1. The third kappa shape index (κ3) is 28.3. The van der Waals surface area contributed by atoms with Gasteiger partial charge in [-0.3, -0.25) is 67.4 Å². The molecule has 0 aliphatic carbocycles. The van der Waals surface area contributed by atoms with E-state index < -0.39 is 209 Å². The molecule has 0 radical (unpaired) electrons. The largest absolute Gasteiger partial charge is 0.613 e. The van der Waals surface area contributed by atoms with Crippen LogP contribution in [0.2, 0.25) is 0 Å². The second-order valence-electron chi connectivity index (χ2n) is 22.9. The molecule has 2 aromatic rings. The van der Waals surface area contributed by atoms with Crippen LogP contribution in [0.25, 0.3) is 0 Å². The number of nitrogens with two attached hydrogens (primary N) is 4. The lowest BCUT2D eigenvalue weighted by atomic mass is 10.00. The van der Waals surface area contributed by atoms with Crippen molar-refractivity contribution in [3.63, 3.8) is 0 Å². The maximum Gasteiger partial charge on any atom is 0.613 e. The van der Waals surface area contributed by atoms with Gasteiger partial charge in [-0.05, 0) is 81.2 Å². The fraction of sp³-hybridized carbons (Fsp3) is 0.561. The first-order valence-corrected chi connectivity index (χ1v) is 31.8. The van der Waals surface area contributed by atoms with E-state index in [0.717, 1.165) is 24.0 Å². The van der Waals surface area contributed by atoms with Crippen LogP contribution in [-0.4, -0.2) is 239 Å². The summed E-state index contributed by atoms with van der Waals surface area (Å²) in [5.74, 6) is -16.1. The molecule has 1 heterocycles. The molecular formula is C57H89N15O23P+. The van der Waals surface area contributed by atoms with Gasteiger partial charge in [-0.2, -0.15) is 14.7 Å². The van der Waals surface area contributed by atoms with E-state index in [4.69, 9.17) is 27.5 Å². The molecule has 534 valence electrons. The summed E-state index contributed by atoms with van der Waals surface area (Å²) in [5, 5.41) is 83.1. The molecule has 1 fully saturated rings. The smallest absolute Gasteiger partial charge is 0.481 e. The van der Waals surface area contributed by atoms with Crippen molar-refractivity contribution in [1.29, 1.82) is 0 Å². The number of likely N-dealkylation sites (tertiary alicyclic amines) is 1. The van der Waals surface area contributed by atoms with E-state index >= 15 is 0 Å². The van der Waals surface area contributed by atoms with E-state index in [1.807, 2.05) is 0 Å². The average molecular weight is 1380 g/mol. The second kappa shape index (κ2) is 40.0. The molecule has 96 heavy (non-hydrogen) atoms. The predicted molar refractivity (Wildman–Crippen MR) is 335 cm³/mol. The van der Waals surface area contributed by atoms with Crippen LogP contribution in [0.4, 0.5) is 0 Å². The van der Waals surface area contributed by atoms with Gasteiger partial charge in [0, 0.05) is 25.8 Å². The molecule has 0 bridgehead atoms. The van der Waals surface area contributed by atoms with Crippen LogP contribution in [0.5, 0.6) is 5.75 Å². The first-order chi connectivity index (χ1) is 45.1. The third-order valence-corrected chi connectivity index (χ3v) is 15.0. The monoisotopic (exact) mass is 1380 g/mol. The zero-order valence-corrected chi connectivity index (χ0v) is 53.7. The summed E-state index contributed by atoms with van der Waals surface area (Å²) in [5.41, 5.74) is 23.2. The highest BCUT2D eigenvalue weighted by Crippen LogP contribution is 2.46. The molecule has 1 aliphatic rings. The Hall–Kier alpha value is -8.66. The van der Waals surface area contributed by atoms with Crippen molar-refractivity contribution in [3.05, 3.63) is 65.7 Å². The number of carboxylic acid groups (broad SMARTS) is 2. The first kappa shape index (κ1) is 81.6. The summed E-state index contributed by atoms with van der Waals surface area (Å²) in [6.45, 7) is 1.01. The average Bonchev–Trinajstić information content (AvgIpc) is 1.56. The van der Waals surface area contributed by atoms with E-state index in [-0.39, 0.29) is 68.8 Å². The van der Waals surface area contributed by atoms with Gasteiger partial charge >= 0.3 is 20.1 Å². The number of hydrogen-bond donors (Lipinski definition) is 23. The van der Waals surface area contributed by atoms with Gasteiger partial charge in [0.25, 0.3) is 0 Å². The Kier molecular flexibility index (Phi) is 34.0. The van der Waals surface area contributed by atoms with Crippen LogP contribution in [0, 0.1) is 5.92 Å². The number of nitrogens with zero attached hydrogens (tertiary/aromatic N) is 1. The summed E-state index contributed by atoms with van der Waals surface area (Å²) in [4.78, 5) is 204. The molecule has 12 atom stereocenters. The number of nitrogens with one attached hydrogen (secondary N) is 10. The number of carbonyl (C=O) groups is 13. The molecule has 38 nitrogen and oxygen atoms in total. The molecular weight excluding hydrogens is 1290 g/mol. The number of carboxylic acids is 2. The molecule has 1 aliphatic heterocycles. The maximum atomic E-state index is 14.6. The highest BCUT2D eigenvalue weighted by atomic mass is 31.2. The molecule has 39 heteroatoms. The van der Waals surface area contributed by atoms with Crippen molar-refractivity contribution in [2.24, 2.45) is 28.9 Å². The number of aliphatic hydroxyl groups excluding tert-OH is 4. The lowest BCUT2D eigenvalue weighted by molar-refractivity contribution is -0.148. The minimum atomic E-state index is -4.84. The summed E-state index contributed by atoms with van der Waals surface area (Å²) in [6.07, 6.45) is -5.74. The molecule has 0 aromatic heterocycles. The predicted octanol–water partition coefficient (Wildman–Crippen LogP) is -9.01.